The van der Waals surface area contributed by atoms with Gasteiger partial charge in [0.25, 0.3) is 0 Å². The number of carbonyl (C=O) groups excluding carboxylic acids is 1. The minimum atomic E-state index is -0.0516. The number of aryl methyl sites for hydroxylation is 1. The van der Waals surface area contributed by atoms with E-state index in [-0.39, 0.29) is 5.91 Å². The van der Waals surface area contributed by atoms with Crippen LogP contribution in [0.25, 0.3) is 0 Å². The monoisotopic (exact) mass is 330 g/mol. The highest BCUT2D eigenvalue weighted by Gasteiger charge is 2.17. The molecule has 0 unspecified atom stereocenters. The Balaban J connectivity index is 1.62. The standard InChI is InChI=1S/C18H19ClN2O2/c1-13-6-7-15(10-16(13)19)20-18(22)12-21-8-9-23-17-5-3-2-4-14(17)11-21/h2-7,10H,8-9,11-12H2,1H3,(H,20,22). The molecule has 0 saturated carbocycles. The van der Waals surface area contributed by atoms with E-state index < -0.39 is 0 Å². The molecule has 2 aromatic rings. The summed E-state index contributed by atoms with van der Waals surface area (Å²) >= 11 is 6.09. The predicted molar refractivity (Wildman–Crippen MR) is 92.0 cm³/mol. The van der Waals surface area contributed by atoms with Crippen molar-refractivity contribution in [3.05, 3.63) is 58.6 Å². The number of ether oxygens (including phenoxy) is 1. The molecule has 23 heavy (non-hydrogen) atoms. The van der Waals surface area contributed by atoms with E-state index in [9.17, 15) is 4.79 Å². The lowest BCUT2D eigenvalue weighted by Gasteiger charge is -2.18. The maximum atomic E-state index is 12.3. The van der Waals surface area contributed by atoms with Crippen molar-refractivity contribution in [2.24, 2.45) is 0 Å². The van der Waals surface area contributed by atoms with Crippen molar-refractivity contribution in [1.29, 1.82) is 0 Å². The largest absolute Gasteiger partial charge is 0.492 e. The topological polar surface area (TPSA) is 41.6 Å². The zero-order chi connectivity index (χ0) is 16.2. The second kappa shape index (κ2) is 7.02. The van der Waals surface area contributed by atoms with Gasteiger partial charge >= 0.3 is 0 Å². The van der Waals surface area contributed by atoms with Crippen molar-refractivity contribution in [1.82, 2.24) is 4.90 Å². The Labute approximate surface area is 141 Å². The van der Waals surface area contributed by atoms with E-state index in [0.29, 0.717) is 24.7 Å². The van der Waals surface area contributed by atoms with Crippen molar-refractivity contribution in [2.45, 2.75) is 13.5 Å². The first kappa shape index (κ1) is 15.8. The number of halogens is 1. The molecule has 0 fully saturated rings. The van der Waals surface area contributed by atoms with E-state index in [1.807, 2.05) is 43.3 Å². The van der Waals surface area contributed by atoms with Crippen LogP contribution in [-0.4, -0.2) is 30.5 Å². The summed E-state index contributed by atoms with van der Waals surface area (Å²) in [4.78, 5) is 14.3. The Kier molecular flexibility index (Phi) is 4.84. The minimum absolute atomic E-state index is 0.0516. The highest BCUT2D eigenvalue weighted by atomic mass is 35.5. The third-order valence-electron chi connectivity index (χ3n) is 3.85. The van der Waals surface area contributed by atoms with Gasteiger partial charge in [-0.2, -0.15) is 0 Å². The molecule has 0 bridgehead atoms. The second-order valence-corrected chi connectivity index (χ2v) is 6.09. The van der Waals surface area contributed by atoms with E-state index in [2.05, 4.69) is 10.2 Å². The zero-order valence-electron chi connectivity index (χ0n) is 13.0. The SMILES string of the molecule is Cc1ccc(NC(=O)CN2CCOc3ccccc3C2)cc1Cl. The number of rotatable bonds is 3. The van der Waals surface area contributed by atoms with Crippen LogP contribution < -0.4 is 10.1 Å². The third-order valence-corrected chi connectivity index (χ3v) is 4.26. The molecule has 120 valence electrons. The fourth-order valence-electron chi connectivity index (χ4n) is 2.59. The Hall–Kier alpha value is -2.04. The van der Waals surface area contributed by atoms with Crippen molar-refractivity contribution < 1.29 is 9.53 Å². The summed E-state index contributed by atoms with van der Waals surface area (Å²) in [7, 11) is 0. The molecule has 0 radical (unpaired) electrons. The van der Waals surface area contributed by atoms with E-state index in [1.165, 1.54) is 0 Å². The summed E-state index contributed by atoms with van der Waals surface area (Å²) in [5.41, 5.74) is 2.82. The number of carbonyl (C=O) groups is 1. The normalized spacial score (nSPS) is 14.5. The molecule has 1 aliphatic heterocycles. The molecule has 1 aliphatic rings. The number of anilines is 1. The Morgan fingerprint density at radius 1 is 1.30 bits per heavy atom. The molecule has 1 heterocycles. The zero-order valence-corrected chi connectivity index (χ0v) is 13.8. The van der Waals surface area contributed by atoms with Crippen LogP contribution in [0.2, 0.25) is 5.02 Å². The summed E-state index contributed by atoms with van der Waals surface area (Å²) in [5, 5.41) is 3.55. The smallest absolute Gasteiger partial charge is 0.238 e. The Bertz CT molecular complexity index is 718. The molecular weight excluding hydrogens is 312 g/mol. The van der Waals surface area contributed by atoms with Crippen molar-refractivity contribution in [3.8, 4) is 5.75 Å². The quantitative estimate of drug-likeness (QED) is 0.936. The lowest BCUT2D eigenvalue weighted by atomic mass is 10.2. The average Bonchev–Trinajstić information content (AvgIpc) is 2.72. The number of nitrogens with one attached hydrogen (secondary N) is 1. The molecular formula is C18H19ClN2O2. The molecule has 3 rings (SSSR count). The van der Waals surface area contributed by atoms with E-state index in [4.69, 9.17) is 16.3 Å². The molecule has 0 atom stereocenters. The summed E-state index contributed by atoms with van der Waals surface area (Å²) in [6, 6.07) is 13.5. The number of fused-ring (bicyclic) bond motifs is 1. The van der Waals surface area contributed by atoms with E-state index in [1.54, 1.807) is 6.07 Å². The van der Waals surface area contributed by atoms with Gasteiger partial charge in [-0.05, 0) is 30.7 Å². The minimum Gasteiger partial charge on any atom is -0.492 e. The van der Waals surface area contributed by atoms with Crippen molar-refractivity contribution in [3.63, 3.8) is 0 Å². The van der Waals surface area contributed by atoms with Crippen molar-refractivity contribution in [2.75, 3.05) is 25.0 Å². The lowest BCUT2D eigenvalue weighted by Crippen LogP contribution is -2.34. The summed E-state index contributed by atoms with van der Waals surface area (Å²) < 4.78 is 5.72. The van der Waals surface area contributed by atoms with Crippen LogP contribution in [0, 0.1) is 6.92 Å². The van der Waals surface area contributed by atoms with Crippen molar-refractivity contribution >= 4 is 23.2 Å². The van der Waals surface area contributed by atoms with Gasteiger partial charge in [0, 0.05) is 29.4 Å². The van der Waals surface area contributed by atoms with Gasteiger partial charge in [-0.15, -0.1) is 0 Å². The number of amides is 1. The van der Waals surface area contributed by atoms with Crippen LogP contribution >= 0.6 is 11.6 Å². The molecule has 0 saturated heterocycles. The lowest BCUT2D eigenvalue weighted by molar-refractivity contribution is -0.117. The van der Waals surface area contributed by atoms with E-state index in [0.717, 1.165) is 29.1 Å². The first-order valence-electron chi connectivity index (χ1n) is 7.61. The van der Waals surface area contributed by atoms with E-state index >= 15 is 0 Å². The molecule has 1 N–H and O–H groups in total. The molecule has 0 spiro atoms. The van der Waals surface area contributed by atoms with Crippen LogP contribution in [0.4, 0.5) is 5.69 Å². The number of nitrogens with zero attached hydrogens (tertiary/aromatic N) is 1. The van der Waals surface area contributed by atoms with Crippen LogP contribution in [-0.2, 0) is 11.3 Å². The molecule has 1 amide bonds. The fraction of sp³-hybridized carbons (Fsp3) is 0.278. The number of hydrogen-bond donors (Lipinski definition) is 1. The van der Waals surface area contributed by atoms with Crippen LogP contribution in [0.1, 0.15) is 11.1 Å². The van der Waals surface area contributed by atoms with Gasteiger partial charge in [0.2, 0.25) is 5.91 Å². The molecule has 0 aromatic heterocycles. The molecule has 5 heteroatoms. The van der Waals surface area contributed by atoms with Gasteiger partial charge < -0.3 is 10.1 Å². The van der Waals surface area contributed by atoms with Crippen LogP contribution in [0.3, 0.4) is 0 Å². The molecule has 0 aliphatic carbocycles. The Morgan fingerprint density at radius 2 is 2.13 bits per heavy atom. The first-order chi connectivity index (χ1) is 11.1. The number of hydrogen-bond acceptors (Lipinski definition) is 3. The maximum absolute atomic E-state index is 12.3. The van der Waals surface area contributed by atoms with Crippen LogP contribution in [0.15, 0.2) is 42.5 Å². The Morgan fingerprint density at radius 3 is 2.96 bits per heavy atom. The third kappa shape index (κ3) is 4.03. The average molecular weight is 331 g/mol. The second-order valence-electron chi connectivity index (χ2n) is 5.68. The summed E-state index contributed by atoms with van der Waals surface area (Å²) in [5.74, 6) is 0.852. The summed E-state index contributed by atoms with van der Waals surface area (Å²) in [6.45, 7) is 4.27. The van der Waals surface area contributed by atoms with Gasteiger partial charge in [0.15, 0.2) is 0 Å². The predicted octanol–water partition coefficient (Wildman–Crippen LogP) is 3.48. The first-order valence-corrected chi connectivity index (χ1v) is 7.99. The summed E-state index contributed by atoms with van der Waals surface area (Å²) in [6.07, 6.45) is 0. The molecule has 4 nitrogen and oxygen atoms in total. The number of benzene rings is 2. The number of para-hydroxylation sites is 1. The van der Waals surface area contributed by atoms with Gasteiger partial charge in [-0.3, -0.25) is 9.69 Å². The highest BCUT2D eigenvalue weighted by Crippen LogP contribution is 2.23. The molecule has 2 aromatic carbocycles. The van der Waals surface area contributed by atoms with Gasteiger partial charge in [0.1, 0.15) is 12.4 Å². The van der Waals surface area contributed by atoms with Gasteiger partial charge in [-0.1, -0.05) is 35.9 Å². The highest BCUT2D eigenvalue weighted by molar-refractivity contribution is 6.31. The fourth-order valence-corrected chi connectivity index (χ4v) is 2.77. The maximum Gasteiger partial charge on any atom is 0.238 e. The van der Waals surface area contributed by atoms with Gasteiger partial charge in [0.05, 0.1) is 6.54 Å². The van der Waals surface area contributed by atoms with Gasteiger partial charge in [-0.25, -0.2) is 0 Å². The van der Waals surface area contributed by atoms with Crippen LogP contribution in [0.5, 0.6) is 5.75 Å².